The van der Waals surface area contributed by atoms with Gasteiger partial charge < -0.3 is 5.32 Å². The summed E-state index contributed by atoms with van der Waals surface area (Å²) in [4.78, 5) is 10.7. The minimum atomic E-state index is 0.329. The topological polar surface area (TPSA) is 64.8 Å². The molecule has 1 aliphatic rings. The van der Waals surface area contributed by atoms with Gasteiger partial charge in [0.15, 0.2) is 11.5 Å². The SMILES string of the molecule is N#Cc1nccnc1NCc1ccc(CN2CCCCCC2)cc1. The van der Waals surface area contributed by atoms with Crippen LogP contribution in [0, 0.1) is 11.3 Å². The van der Waals surface area contributed by atoms with Gasteiger partial charge in [0.05, 0.1) is 0 Å². The second-order valence-electron chi connectivity index (χ2n) is 6.23. The van der Waals surface area contributed by atoms with Crippen LogP contribution < -0.4 is 5.32 Å². The van der Waals surface area contributed by atoms with E-state index in [0.29, 0.717) is 18.1 Å². The monoisotopic (exact) mass is 321 g/mol. The molecule has 1 N–H and O–H groups in total. The van der Waals surface area contributed by atoms with Crippen molar-refractivity contribution in [1.82, 2.24) is 14.9 Å². The molecule has 0 amide bonds. The van der Waals surface area contributed by atoms with Gasteiger partial charge in [0.25, 0.3) is 0 Å². The van der Waals surface area contributed by atoms with Crippen molar-refractivity contribution in [2.45, 2.75) is 38.8 Å². The summed E-state index contributed by atoms with van der Waals surface area (Å²) in [5.74, 6) is 0.536. The van der Waals surface area contributed by atoms with Gasteiger partial charge in [-0.2, -0.15) is 5.26 Å². The molecule has 124 valence electrons. The highest BCUT2D eigenvalue weighted by molar-refractivity contribution is 5.47. The molecule has 0 unspecified atom stereocenters. The molecule has 24 heavy (non-hydrogen) atoms. The maximum absolute atomic E-state index is 9.03. The first-order valence-electron chi connectivity index (χ1n) is 8.60. The molecular formula is C19H23N5. The third-order valence-electron chi connectivity index (χ3n) is 4.39. The predicted octanol–water partition coefficient (Wildman–Crippen LogP) is 3.34. The molecule has 5 heteroatoms. The van der Waals surface area contributed by atoms with E-state index in [1.165, 1.54) is 56.1 Å². The van der Waals surface area contributed by atoms with Crippen molar-refractivity contribution in [1.29, 1.82) is 5.26 Å². The van der Waals surface area contributed by atoms with Crippen LogP contribution in [0.3, 0.4) is 0 Å². The van der Waals surface area contributed by atoms with Gasteiger partial charge in [-0.3, -0.25) is 4.90 Å². The second kappa shape index (κ2) is 8.42. The van der Waals surface area contributed by atoms with E-state index in [1.54, 1.807) is 6.20 Å². The zero-order valence-electron chi connectivity index (χ0n) is 13.9. The zero-order chi connectivity index (χ0) is 16.6. The molecule has 5 nitrogen and oxygen atoms in total. The Bertz CT molecular complexity index is 682. The molecule has 2 aromatic rings. The van der Waals surface area contributed by atoms with Crippen LogP contribution in [0.25, 0.3) is 0 Å². The van der Waals surface area contributed by atoms with Crippen molar-refractivity contribution in [2.24, 2.45) is 0 Å². The number of benzene rings is 1. The second-order valence-corrected chi connectivity index (χ2v) is 6.23. The molecule has 0 saturated carbocycles. The lowest BCUT2D eigenvalue weighted by Gasteiger charge is -2.19. The normalized spacial score (nSPS) is 15.5. The van der Waals surface area contributed by atoms with Gasteiger partial charge in [0, 0.05) is 25.5 Å². The molecule has 1 aliphatic heterocycles. The molecule has 1 aromatic carbocycles. The quantitative estimate of drug-likeness (QED) is 0.915. The summed E-state index contributed by atoms with van der Waals surface area (Å²) in [6.45, 7) is 4.10. The van der Waals surface area contributed by atoms with Gasteiger partial charge >= 0.3 is 0 Å². The van der Waals surface area contributed by atoms with Crippen molar-refractivity contribution < 1.29 is 0 Å². The number of nitrogens with zero attached hydrogens (tertiary/aromatic N) is 4. The van der Waals surface area contributed by atoms with Crippen LogP contribution in [-0.2, 0) is 13.1 Å². The van der Waals surface area contributed by atoms with Crippen molar-refractivity contribution >= 4 is 5.82 Å². The van der Waals surface area contributed by atoms with Crippen molar-refractivity contribution in [3.63, 3.8) is 0 Å². The summed E-state index contributed by atoms with van der Waals surface area (Å²) in [5.41, 5.74) is 2.86. The molecule has 0 aliphatic carbocycles. The number of anilines is 1. The van der Waals surface area contributed by atoms with E-state index in [2.05, 4.69) is 44.5 Å². The zero-order valence-corrected chi connectivity index (χ0v) is 13.9. The van der Waals surface area contributed by atoms with Crippen LogP contribution in [0.4, 0.5) is 5.82 Å². The van der Waals surface area contributed by atoms with Crippen LogP contribution >= 0.6 is 0 Å². The Hall–Kier alpha value is -2.45. The highest BCUT2D eigenvalue weighted by atomic mass is 15.1. The van der Waals surface area contributed by atoms with Gasteiger partial charge in [-0.1, -0.05) is 37.1 Å². The first-order valence-corrected chi connectivity index (χ1v) is 8.60. The van der Waals surface area contributed by atoms with Gasteiger partial charge in [-0.15, -0.1) is 0 Å². The Morgan fingerprint density at radius 3 is 2.33 bits per heavy atom. The fraction of sp³-hybridized carbons (Fsp3) is 0.421. The standard InChI is InChI=1S/C19H23N5/c20-13-18-19(22-10-9-21-18)23-14-16-5-7-17(8-6-16)15-24-11-3-1-2-4-12-24/h5-10H,1-4,11-12,14-15H2,(H,22,23). The maximum Gasteiger partial charge on any atom is 0.182 e. The lowest BCUT2D eigenvalue weighted by molar-refractivity contribution is 0.277. The van der Waals surface area contributed by atoms with E-state index in [9.17, 15) is 0 Å². The average Bonchev–Trinajstić information content (AvgIpc) is 2.90. The summed E-state index contributed by atoms with van der Waals surface area (Å²) < 4.78 is 0. The lowest BCUT2D eigenvalue weighted by Crippen LogP contribution is -2.23. The Kier molecular flexibility index (Phi) is 5.75. The third-order valence-corrected chi connectivity index (χ3v) is 4.39. The average molecular weight is 321 g/mol. The van der Waals surface area contributed by atoms with Crippen molar-refractivity contribution in [3.05, 3.63) is 53.5 Å². The molecular weight excluding hydrogens is 298 g/mol. The highest BCUT2D eigenvalue weighted by Crippen LogP contribution is 2.15. The van der Waals surface area contributed by atoms with Crippen LogP contribution in [0.1, 0.15) is 42.5 Å². The number of nitrogens with one attached hydrogen (secondary N) is 1. The Morgan fingerprint density at radius 1 is 0.958 bits per heavy atom. The number of hydrogen-bond donors (Lipinski definition) is 1. The fourth-order valence-electron chi connectivity index (χ4n) is 3.05. The van der Waals surface area contributed by atoms with Gasteiger partial charge in [-0.05, 0) is 37.1 Å². The van der Waals surface area contributed by atoms with Gasteiger partial charge in [0.2, 0.25) is 0 Å². The Balaban J connectivity index is 1.55. The fourth-order valence-corrected chi connectivity index (χ4v) is 3.05. The van der Waals surface area contributed by atoms with E-state index in [1.807, 2.05) is 6.07 Å². The first-order chi connectivity index (χ1) is 11.8. The van der Waals surface area contributed by atoms with E-state index >= 15 is 0 Å². The molecule has 1 fully saturated rings. The number of rotatable bonds is 5. The number of likely N-dealkylation sites (tertiary alicyclic amines) is 1. The minimum Gasteiger partial charge on any atom is -0.364 e. The Morgan fingerprint density at radius 2 is 1.62 bits per heavy atom. The molecule has 1 saturated heterocycles. The van der Waals surface area contributed by atoms with Crippen LogP contribution in [0.2, 0.25) is 0 Å². The van der Waals surface area contributed by atoms with E-state index in [4.69, 9.17) is 5.26 Å². The molecule has 2 heterocycles. The van der Waals surface area contributed by atoms with Crippen LogP contribution in [0.5, 0.6) is 0 Å². The first kappa shape index (κ1) is 16.4. The van der Waals surface area contributed by atoms with E-state index < -0.39 is 0 Å². The lowest BCUT2D eigenvalue weighted by atomic mass is 10.1. The van der Waals surface area contributed by atoms with Crippen LogP contribution in [-0.4, -0.2) is 28.0 Å². The molecule has 3 rings (SSSR count). The predicted molar refractivity (Wildman–Crippen MR) is 94.3 cm³/mol. The summed E-state index contributed by atoms with van der Waals surface area (Å²) >= 11 is 0. The highest BCUT2D eigenvalue weighted by Gasteiger charge is 2.09. The van der Waals surface area contributed by atoms with Crippen LogP contribution in [0.15, 0.2) is 36.7 Å². The van der Waals surface area contributed by atoms with Crippen molar-refractivity contribution in [2.75, 3.05) is 18.4 Å². The van der Waals surface area contributed by atoms with Crippen molar-refractivity contribution in [3.8, 4) is 6.07 Å². The smallest absolute Gasteiger partial charge is 0.182 e. The number of nitriles is 1. The maximum atomic E-state index is 9.03. The largest absolute Gasteiger partial charge is 0.364 e. The Labute approximate surface area is 143 Å². The third kappa shape index (κ3) is 4.53. The van der Waals surface area contributed by atoms with E-state index in [0.717, 1.165) is 6.54 Å². The summed E-state index contributed by atoms with van der Waals surface area (Å²) in [6.07, 6.45) is 8.50. The van der Waals surface area contributed by atoms with Gasteiger partial charge in [-0.25, -0.2) is 9.97 Å². The molecule has 1 aromatic heterocycles. The number of aromatic nitrogens is 2. The minimum absolute atomic E-state index is 0.329. The van der Waals surface area contributed by atoms with Gasteiger partial charge in [0.1, 0.15) is 6.07 Å². The summed E-state index contributed by atoms with van der Waals surface area (Å²) in [6, 6.07) is 10.7. The molecule has 0 spiro atoms. The summed E-state index contributed by atoms with van der Waals surface area (Å²) in [7, 11) is 0. The van der Waals surface area contributed by atoms with E-state index in [-0.39, 0.29) is 0 Å². The molecule has 0 bridgehead atoms. The molecule has 0 atom stereocenters. The number of hydrogen-bond acceptors (Lipinski definition) is 5. The molecule has 0 radical (unpaired) electrons. The summed E-state index contributed by atoms with van der Waals surface area (Å²) in [5, 5.41) is 12.2.